The maximum atomic E-state index is 12.8. The van der Waals surface area contributed by atoms with Gasteiger partial charge in [-0.25, -0.2) is 9.67 Å². The summed E-state index contributed by atoms with van der Waals surface area (Å²) in [5.41, 5.74) is 2.93. The summed E-state index contributed by atoms with van der Waals surface area (Å²) in [5, 5.41) is 8.03. The Balaban J connectivity index is 1.50. The minimum Gasteiger partial charge on any atom is -0.355 e. The average molecular weight is 374 g/mol. The van der Waals surface area contributed by atoms with E-state index in [1.54, 1.807) is 47.5 Å². The van der Waals surface area contributed by atoms with E-state index in [1.165, 1.54) is 6.33 Å². The van der Waals surface area contributed by atoms with Crippen LogP contribution >= 0.6 is 0 Å². The van der Waals surface area contributed by atoms with Crippen molar-refractivity contribution < 1.29 is 9.32 Å². The van der Waals surface area contributed by atoms with Crippen molar-refractivity contribution in [3.05, 3.63) is 78.8 Å². The Morgan fingerprint density at radius 1 is 1.18 bits per heavy atom. The third-order valence-corrected chi connectivity index (χ3v) is 4.64. The molecule has 28 heavy (non-hydrogen) atoms. The first-order valence-electron chi connectivity index (χ1n) is 8.73. The van der Waals surface area contributed by atoms with Crippen LogP contribution in [-0.4, -0.2) is 42.8 Å². The number of rotatable bonds is 5. The molecule has 0 unspecified atom stereocenters. The summed E-state index contributed by atoms with van der Waals surface area (Å²) in [6, 6.07) is 13.0. The van der Waals surface area contributed by atoms with E-state index in [4.69, 9.17) is 4.52 Å². The van der Waals surface area contributed by atoms with Gasteiger partial charge in [-0.2, -0.15) is 5.10 Å². The van der Waals surface area contributed by atoms with Crippen LogP contribution in [-0.2, 0) is 0 Å². The molecule has 4 rings (SSSR count). The minimum atomic E-state index is -0.216. The molecule has 0 fully saturated rings. The van der Waals surface area contributed by atoms with Crippen molar-refractivity contribution in [3.63, 3.8) is 0 Å². The zero-order valence-corrected chi connectivity index (χ0v) is 15.4. The second kappa shape index (κ2) is 7.43. The Hall–Kier alpha value is -3.81. The van der Waals surface area contributed by atoms with Gasteiger partial charge in [0, 0.05) is 31.1 Å². The van der Waals surface area contributed by atoms with Gasteiger partial charge in [0.25, 0.3) is 5.91 Å². The molecule has 0 radical (unpaired) electrons. The van der Waals surface area contributed by atoms with Crippen molar-refractivity contribution in [1.82, 2.24) is 29.8 Å². The highest BCUT2D eigenvalue weighted by molar-refractivity contribution is 5.93. The van der Waals surface area contributed by atoms with Gasteiger partial charge in [-0.3, -0.25) is 9.78 Å². The second-order valence-electron chi connectivity index (χ2n) is 6.34. The molecule has 0 spiro atoms. The van der Waals surface area contributed by atoms with E-state index in [9.17, 15) is 4.79 Å². The fourth-order valence-corrected chi connectivity index (χ4v) is 2.85. The molecule has 1 amide bonds. The molecule has 1 atom stereocenters. The summed E-state index contributed by atoms with van der Waals surface area (Å²) in [5.74, 6) is 0.293. The average Bonchev–Trinajstić information content (AvgIpc) is 3.45. The zero-order valence-electron chi connectivity index (χ0n) is 15.4. The molecule has 0 saturated heterocycles. The summed E-state index contributed by atoms with van der Waals surface area (Å²) in [6.45, 7) is 1.96. The summed E-state index contributed by atoms with van der Waals surface area (Å²) >= 11 is 0. The van der Waals surface area contributed by atoms with Crippen molar-refractivity contribution in [1.29, 1.82) is 0 Å². The van der Waals surface area contributed by atoms with Crippen molar-refractivity contribution in [2.75, 3.05) is 7.05 Å². The molecular weight excluding hydrogens is 356 g/mol. The highest BCUT2D eigenvalue weighted by atomic mass is 16.5. The summed E-state index contributed by atoms with van der Waals surface area (Å²) < 4.78 is 6.99. The SMILES string of the molecule is C[C@H](c1ccc(-n2cncn2)cc1)N(C)C(=O)c1cc(-c2cccnc2)on1. The van der Waals surface area contributed by atoms with Crippen molar-refractivity contribution in [2.24, 2.45) is 0 Å². The molecule has 0 aliphatic rings. The summed E-state index contributed by atoms with van der Waals surface area (Å²) in [7, 11) is 1.75. The second-order valence-corrected chi connectivity index (χ2v) is 6.34. The molecule has 4 aromatic rings. The molecule has 140 valence electrons. The predicted octanol–water partition coefficient (Wildman–Crippen LogP) is 3.15. The van der Waals surface area contributed by atoms with Gasteiger partial charge in [-0.15, -0.1) is 0 Å². The zero-order chi connectivity index (χ0) is 19.5. The number of carbonyl (C=O) groups excluding carboxylic acids is 1. The number of pyridine rings is 1. The van der Waals surface area contributed by atoms with Gasteiger partial charge in [0.2, 0.25) is 0 Å². The molecule has 8 nitrogen and oxygen atoms in total. The maximum Gasteiger partial charge on any atom is 0.276 e. The fourth-order valence-electron chi connectivity index (χ4n) is 2.85. The van der Waals surface area contributed by atoms with E-state index in [1.807, 2.05) is 37.3 Å². The molecule has 0 aliphatic heterocycles. The lowest BCUT2D eigenvalue weighted by Crippen LogP contribution is -2.29. The van der Waals surface area contributed by atoms with E-state index >= 15 is 0 Å². The van der Waals surface area contributed by atoms with E-state index in [-0.39, 0.29) is 17.6 Å². The standard InChI is InChI=1S/C20H18N6O2/c1-14(15-5-7-17(8-6-15)26-13-22-12-23-26)25(2)20(27)18-10-19(28-24-18)16-4-3-9-21-11-16/h3-14H,1-2H3/t14-/m1/s1. The van der Waals surface area contributed by atoms with Crippen LogP contribution in [0.5, 0.6) is 0 Å². The van der Waals surface area contributed by atoms with Crippen molar-refractivity contribution in [3.8, 4) is 17.0 Å². The number of aromatic nitrogens is 5. The molecule has 0 saturated carbocycles. The Labute approximate surface area is 161 Å². The number of carbonyl (C=O) groups is 1. The number of amides is 1. The molecule has 3 heterocycles. The van der Waals surface area contributed by atoms with E-state index in [0.29, 0.717) is 5.76 Å². The third kappa shape index (κ3) is 3.39. The highest BCUT2D eigenvalue weighted by Crippen LogP contribution is 2.24. The van der Waals surface area contributed by atoms with Crippen molar-refractivity contribution in [2.45, 2.75) is 13.0 Å². The highest BCUT2D eigenvalue weighted by Gasteiger charge is 2.22. The van der Waals surface area contributed by atoms with Gasteiger partial charge in [0.15, 0.2) is 11.5 Å². The lowest BCUT2D eigenvalue weighted by molar-refractivity contribution is 0.0732. The van der Waals surface area contributed by atoms with Crippen LogP contribution in [0.4, 0.5) is 0 Å². The van der Waals surface area contributed by atoms with Crippen LogP contribution in [0, 0.1) is 0 Å². The van der Waals surface area contributed by atoms with Gasteiger partial charge in [-0.05, 0) is 36.8 Å². The molecule has 0 bridgehead atoms. The molecule has 0 aliphatic carbocycles. The number of benzene rings is 1. The predicted molar refractivity (Wildman–Crippen MR) is 102 cm³/mol. The lowest BCUT2D eigenvalue weighted by Gasteiger charge is -2.24. The van der Waals surface area contributed by atoms with Crippen LogP contribution in [0.1, 0.15) is 29.0 Å². The van der Waals surface area contributed by atoms with E-state index in [2.05, 4.69) is 20.2 Å². The normalized spacial score (nSPS) is 11.9. The third-order valence-electron chi connectivity index (χ3n) is 4.64. The van der Waals surface area contributed by atoms with Gasteiger partial charge >= 0.3 is 0 Å². The van der Waals surface area contributed by atoms with Crippen LogP contribution in [0.2, 0.25) is 0 Å². The first-order chi connectivity index (χ1) is 13.6. The smallest absolute Gasteiger partial charge is 0.276 e. The minimum absolute atomic E-state index is 0.143. The van der Waals surface area contributed by atoms with Gasteiger partial charge in [0.1, 0.15) is 12.7 Å². The van der Waals surface area contributed by atoms with E-state index in [0.717, 1.165) is 16.8 Å². The van der Waals surface area contributed by atoms with Gasteiger partial charge in [0.05, 0.1) is 11.7 Å². The molecule has 3 aromatic heterocycles. The fraction of sp³-hybridized carbons (Fsp3) is 0.150. The lowest BCUT2D eigenvalue weighted by atomic mass is 10.1. The number of nitrogens with zero attached hydrogens (tertiary/aromatic N) is 6. The number of hydrogen-bond donors (Lipinski definition) is 0. The van der Waals surface area contributed by atoms with Crippen LogP contribution in [0.15, 0.2) is 72.0 Å². The van der Waals surface area contributed by atoms with Gasteiger partial charge in [-0.1, -0.05) is 17.3 Å². The summed E-state index contributed by atoms with van der Waals surface area (Å²) in [4.78, 5) is 22.5. The Morgan fingerprint density at radius 3 is 2.68 bits per heavy atom. The maximum absolute atomic E-state index is 12.8. The first kappa shape index (κ1) is 17.6. The van der Waals surface area contributed by atoms with Gasteiger partial charge < -0.3 is 9.42 Å². The Morgan fingerprint density at radius 2 is 2.00 bits per heavy atom. The number of hydrogen-bond acceptors (Lipinski definition) is 6. The first-order valence-corrected chi connectivity index (χ1v) is 8.73. The van der Waals surface area contributed by atoms with E-state index < -0.39 is 0 Å². The van der Waals surface area contributed by atoms with Crippen LogP contribution in [0.3, 0.4) is 0 Å². The molecule has 1 aromatic carbocycles. The van der Waals surface area contributed by atoms with Crippen LogP contribution in [0.25, 0.3) is 17.0 Å². The molecule has 0 N–H and O–H groups in total. The molecular formula is C20H18N6O2. The largest absolute Gasteiger partial charge is 0.355 e. The molecule has 8 heteroatoms. The Bertz CT molecular complexity index is 1060. The van der Waals surface area contributed by atoms with Crippen molar-refractivity contribution >= 4 is 5.91 Å². The Kier molecular flexibility index (Phi) is 4.67. The van der Waals surface area contributed by atoms with Crippen LogP contribution < -0.4 is 0 Å². The monoisotopic (exact) mass is 374 g/mol. The summed E-state index contributed by atoms with van der Waals surface area (Å²) in [6.07, 6.45) is 6.46. The topological polar surface area (TPSA) is 89.9 Å². The quantitative estimate of drug-likeness (QED) is 0.533.